The average Bonchev–Trinajstić information content (AvgIpc) is 3.52. The molecule has 6 heteroatoms. The van der Waals surface area contributed by atoms with Crippen LogP contribution in [-0.2, 0) is 19.9 Å². The van der Waals surface area contributed by atoms with E-state index in [1.54, 1.807) is 0 Å². The van der Waals surface area contributed by atoms with Crippen LogP contribution in [0.2, 0.25) is 0 Å². The SMILES string of the molecule is Cc1ccc2c(c1)[C@@]1(C(=O)N2)[C@H]2C(=O)N(c3cccc4ccccc34)C(=O)[C@@H]2[C@H]2CCCN21. The van der Waals surface area contributed by atoms with Gasteiger partial charge in [-0.1, -0.05) is 54.1 Å². The first-order valence-corrected chi connectivity index (χ1v) is 11.6. The van der Waals surface area contributed by atoms with Gasteiger partial charge in [0.2, 0.25) is 17.7 Å². The molecule has 0 aromatic heterocycles. The Morgan fingerprint density at radius 3 is 2.67 bits per heavy atom. The summed E-state index contributed by atoms with van der Waals surface area (Å²) < 4.78 is 0. The molecule has 0 aliphatic carbocycles. The molecule has 4 heterocycles. The van der Waals surface area contributed by atoms with Crippen LogP contribution >= 0.6 is 0 Å². The molecule has 33 heavy (non-hydrogen) atoms. The number of rotatable bonds is 1. The summed E-state index contributed by atoms with van der Waals surface area (Å²) >= 11 is 0. The Hall–Kier alpha value is -3.51. The van der Waals surface area contributed by atoms with Crippen LogP contribution in [0, 0.1) is 18.8 Å². The first kappa shape index (κ1) is 19.0. The molecule has 0 radical (unpaired) electrons. The number of carbonyl (C=O) groups excluding carboxylic acids is 3. The van der Waals surface area contributed by atoms with Gasteiger partial charge in [0.15, 0.2) is 0 Å². The second-order valence-corrected chi connectivity index (χ2v) is 9.69. The zero-order valence-electron chi connectivity index (χ0n) is 18.2. The highest BCUT2D eigenvalue weighted by Gasteiger charge is 2.74. The molecule has 3 amide bonds. The van der Waals surface area contributed by atoms with Gasteiger partial charge in [-0.25, -0.2) is 4.90 Å². The van der Waals surface area contributed by atoms with Crippen LogP contribution in [0.4, 0.5) is 11.4 Å². The predicted molar refractivity (Wildman–Crippen MR) is 125 cm³/mol. The van der Waals surface area contributed by atoms with Gasteiger partial charge in [-0.2, -0.15) is 0 Å². The van der Waals surface area contributed by atoms with Gasteiger partial charge in [-0.15, -0.1) is 0 Å². The van der Waals surface area contributed by atoms with Crippen LogP contribution in [0.25, 0.3) is 10.8 Å². The number of hydrogen-bond acceptors (Lipinski definition) is 4. The third kappa shape index (κ3) is 2.15. The lowest BCUT2D eigenvalue weighted by molar-refractivity contribution is -0.135. The molecular formula is C27H23N3O3. The Labute approximate surface area is 191 Å². The van der Waals surface area contributed by atoms with E-state index >= 15 is 0 Å². The number of nitrogens with one attached hydrogen (secondary N) is 1. The number of fused-ring (bicyclic) bond motifs is 8. The summed E-state index contributed by atoms with van der Waals surface area (Å²) in [6, 6.07) is 19.3. The molecule has 4 aliphatic heterocycles. The van der Waals surface area contributed by atoms with E-state index in [1.807, 2.05) is 67.6 Å². The van der Waals surface area contributed by atoms with Gasteiger partial charge in [0.25, 0.3) is 0 Å². The van der Waals surface area contributed by atoms with Gasteiger partial charge < -0.3 is 5.32 Å². The molecule has 4 aliphatic rings. The van der Waals surface area contributed by atoms with Gasteiger partial charge in [0.05, 0.1) is 17.5 Å². The van der Waals surface area contributed by atoms with Crippen molar-refractivity contribution in [3.05, 3.63) is 71.8 Å². The molecule has 0 bridgehead atoms. The minimum atomic E-state index is -1.13. The van der Waals surface area contributed by atoms with Crippen LogP contribution in [-0.4, -0.2) is 35.2 Å². The standard InChI is InChI=1S/C27H23N3O3/c1-15-11-12-19-18(14-15)27(26(33)28-19)23-22(21-10-5-13-29(21)27)24(31)30(25(23)32)20-9-4-7-16-6-2-3-8-17(16)20/h2-4,6-9,11-12,14,21-23H,5,10,13H2,1H3,(H,28,33)/t21-,22-,23-,27+/m1/s1. The first-order valence-electron chi connectivity index (χ1n) is 11.6. The third-order valence-corrected chi connectivity index (χ3v) is 8.16. The fourth-order valence-electron chi connectivity index (χ4n) is 6.96. The zero-order chi connectivity index (χ0) is 22.5. The summed E-state index contributed by atoms with van der Waals surface area (Å²) in [5.41, 5.74) is 2.11. The number of imide groups is 1. The third-order valence-electron chi connectivity index (χ3n) is 8.16. The fraction of sp³-hybridized carbons (Fsp3) is 0.296. The van der Waals surface area contributed by atoms with E-state index in [0.29, 0.717) is 12.2 Å². The number of amides is 3. The number of nitrogens with zero attached hydrogens (tertiary/aromatic N) is 2. The van der Waals surface area contributed by atoms with Crippen molar-refractivity contribution >= 4 is 39.9 Å². The fourth-order valence-corrected chi connectivity index (χ4v) is 6.96. The van der Waals surface area contributed by atoms with E-state index in [0.717, 1.165) is 40.4 Å². The van der Waals surface area contributed by atoms with Crippen LogP contribution in [0.3, 0.4) is 0 Å². The number of carbonyl (C=O) groups is 3. The molecule has 4 atom stereocenters. The second-order valence-electron chi connectivity index (χ2n) is 9.69. The molecule has 1 spiro atoms. The highest BCUT2D eigenvalue weighted by atomic mass is 16.2. The predicted octanol–water partition coefficient (Wildman–Crippen LogP) is 3.58. The maximum Gasteiger partial charge on any atom is 0.250 e. The quantitative estimate of drug-likeness (QED) is 0.591. The van der Waals surface area contributed by atoms with Crippen LogP contribution < -0.4 is 10.2 Å². The van der Waals surface area contributed by atoms with Gasteiger partial charge in [-0.3, -0.25) is 19.3 Å². The molecule has 0 unspecified atom stereocenters. The van der Waals surface area contributed by atoms with Crippen molar-refractivity contribution in [1.29, 1.82) is 0 Å². The van der Waals surface area contributed by atoms with Gasteiger partial charge >= 0.3 is 0 Å². The molecule has 3 saturated heterocycles. The van der Waals surface area contributed by atoms with Crippen LogP contribution in [0.15, 0.2) is 60.7 Å². The van der Waals surface area contributed by atoms with E-state index in [9.17, 15) is 14.4 Å². The van der Waals surface area contributed by atoms with E-state index in [1.165, 1.54) is 4.90 Å². The smallest absolute Gasteiger partial charge is 0.250 e. The molecule has 7 rings (SSSR count). The maximum atomic E-state index is 14.2. The minimum absolute atomic E-state index is 0.108. The van der Waals surface area contributed by atoms with Gasteiger partial charge in [-0.05, 0) is 43.8 Å². The summed E-state index contributed by atoms with van der Waals surface area (Å²) in [5.74, 6) is -1.86. The highest BCUT2D eigenvalue weighted by Crippen LogP contribution is 2.61. The first-order chi connectivity index (χ1) is 16.0. The normalized spacial score (nSPS) is 30.3. The maximum absolute atomic E-state index is 14.2. The van der Waals surface area contributed by atoms with Crippen LogP contribution in [0.5, 0.6) is 0 Å². The summed E-state index contributed by atoms with van der Waals surface area (Å²) in [6.45, 7) is 2.71. The largest absolute Gasteiger partial charge is 0.324 e. The lowest BCUT2D eigenvalue weighted by atomic mass is 9.75. The lowest BCUT2D eigenvalue weighted by Crippen LogP contribution is -2.54. The van der Waals surface area contributed by atoms with Crippen molar-refractivity contribution in [2.75, 3.05) is 16.8 Å². The van der Waals surface area contributed by atoms with Gasteiger partial charge in [0.1, 0.15) is 5.54 Å². The number of hydrogen-bond donors (Lipinski definition) is 1. The second kappa shape index (κ2) is 6.29. The average molecular weight is 437 g/mol. The van der Waals surface area contributed by atoms with E-state index < -0.39 is 17.4 Å². The monoisotopic (exact) mass is 437 g/mol. The van der Waals surface area contributed by atoms with E-state index in [-0.39, 0.29) is 23.8 Å². The number of benzene rings is 3. The topological polar surface area (TPSA) is 69.7 Å². The molecular weight excluding hydrogens is 414 g/mol. The highest BCUT2D eigenvalue weighted by molar-refractivity contribution is 6.28. The molecule has 6 nitrogen and oxygen atoms in total. The summed E-state index contributed by atoms with van der Waals surface area (Å²) in [4.78, 5) is 45.4. The zero-order valence-corrected chi connectivity index (χ0v) is 18.2. The molecule has 3 aromatic carbocycles. The molecule has 3 fully saturated rings. The van der Waals surface area contributed by atoms with Crippen molar-refractivity contribution in [2.45, 2.75) is 31.3 Å². The minimum Gasteiger partial charge on any atom is -0.324 e. The van der Waals surface area contributed by atoms with E-state index in [4.69, 9.17) is 0 Å². The lowest BCUT2D eigenvalue weighted by Gasteiger charge is -2.36. The Morgan fingerprint density at radius 2 is 1.79 bits per heavy atom. The molecule has 0 saturated carbocycles. The Balaban J connectivity index is 1.46. The number of anilines is 2. The molecule has 3 aromatic rings. The van der Waals surface area contributed by atoms with Crippen molar-refractivity contribution in [1.82, 2.24) is 4.90 Å². The Kier molecular flexibility index (Phi) is 3.62. The van der Waals surface area contributed by atoms with E-state index in [2.05, 4.69) is 10.2 Å². The Bertz CT molecular complexity index is 1390. The summed E-state index contributed by atoms with van der Waals surface area (Å²) in [7, 11) is 0. The molecule has 1 N–H and O–H groups in total. The van der Waals surface area contributed by atoms with Crippen molar-refractivity contribution in [3.8, 4) is 0 Å². The van der Waals surface area contributed by atoms with Crippen molar-refractivity contribution in [3.63, 3.8) is 0 Å². The van der Waals surface area contributed by atoms with Gasteiger partial charge in [0, 0.05) is 22.7 Å². The van der Waals surface area contributed by atoms with Crippen molar-refractivity contribution in [2.24, 2.45) is 11.8 Å². The number of aryl methyl sites for hydroxylation is 1. The Morgan fingerprint density at radius 1 is 0.970 bits per heavy atom. The summed E-state index contributed by atoms with van der Waals surface area (Å²) in [5, 5.41) is 4.88. The van der Waals surface area contributed by atoms with Crippen LogP contribution in [0.1, 0.15) is 24.0 Å². The summed E-state index contributed by atoms with van der Waals surface area (Å²) in [6.07, 6.45) is 1.74. The van der Waals surface area contributed by atoms with Crippen molar-refractivity contribution < 1.29 is 14.4 Å². The molecule has 164 valence electrons.